The van der Waals surface area contributed by atoms with E-state index in [0.29, 0.717) is 28.9 Å². The van der Waals surface area contributed by atoms with Crippen LogP contribution in [-0.2, 0) is 26.0 Å². The Morgan fingerprint density at radius 1 is 1.13 bits per heavy atom. The summed E-state index contributed by atoms with van der Waals surface area (Å²) in [5, 5.41) is 5.19. The highest BCUT2D eigenvalue weighted by molar-refractivity contribution is 7.92. The summed E-state index contributed by atoms with van der Waals surface area (Å²) in [6, 6.07) is 4.01. The SMILES string of the molecule is Cc1ncc(F)cc1S(=O)(=O)Nc1ccc(F)c(N(Cc2ccnc3c2c(C)nn3C2CCCCO2)C(=O)OC(C)(C)C)c1F. The standard InChI is InChI=1S/C30H33F3N6O5S/c1-17-23(14-20(31)15-35-17)45(41,42)37-22-10-9-21(32)27(26(22)33)38(29(40)44-30(3,4)5)16-19-11-12-34-28-25(19)18(2)36-39(28)24-8-6-7-13-43-24/h9-12,14-15,24,37H,6-8,13,16H2,1-5H3. The van der Waals surface area contributed by atoms with Gasteiger partial charge >= 0.3 is 6.09 Å². The average Bonchev–Trinajstić information content (AvgIpc) is 3.32. The first-order chi connectivity index (χ1) is 21.2. The van der Waals surface area contributed by atoms with E-state index in [2.05, 4.69) is 15.1 Å². The minimum Gasteiger partial charge on any atom is -0.443 e. The molecule has 1 fully saturated rings. The van der Waals surface area contributed by atoms with Gasteiger partial charge in [-0.1, -0.05) is 0 Å². The summed E-state index contributed by atoms with van der Waals surface area (Å²) in [6.07, 6.45) is 3.53. The number of aromatic nitrogens is 4. The van der Waals surface area contributed by atoms with Gasteiger partial charge in [0.25, 0.3) is 10.0 Å². The number of ether oxygens (including phenoxy) is 2. The van der Waals surface area contributed by atoms with Crippen LogP contribution in [0.1, 0.15) is 63.2 Å². The Morgan fingerprint density at radius 3 is 2.58 bits per heavy atom. The van der Waals surface area contributed by atoms with Crippen molar-refractivity contribution in [2.75, 3.05) is 16.2 Å². The molecule has 1 saturated heterocycles. The molecular formula is C30H33F3N6O5S. The first kappa shape index (κ1) is 32.2. The third-order valence-corrected chi connectivity index (χ3v) is 8.58. The number of amides is 1. The molecule has 1 unspecified atom stereocenters. The monoisotopic (exact) mass is 646 g/mol. The molecule has 4 aromatic rings. The van der Waals surface area contributed by atoms with Gasteiger partial charge in [0.1, 0.15) is 27.8 Å². The molecule has 3 aromatic heterocycles. The number of hydrogen-bond donors (Lipinski definition) is 1. The van der Waals surface area contributed by atoms with Crippen LogP contribution >= 0.6 is 0 Å². The number of carbonyl (C=O) groups excluding carboxylic acids is 1. The Bertz CT molecular complexity index is 1870. The van der Waals surface area contributed by atoms with Crippen LogP contribution < -0.4 is 9.62 Å². The summed E-state index contributed by atoms with van der Waals surface area (Å²) in [4.78, 5) is 22.0. The fraction of sp³-hybridized carbons (Fsp3) is 0.400. The second-order valence-corrected chi connectivity index (χ2v) is 13.3. The second-order valence-electron chi connectivity index (χ2n) is 11.7. The van der Waals surface area contributed by atoms with Crippen LogP contribution in [0.3, 0.4) is 0 Å². The molecule has 1 aliphatic heterocycles. The molecule has 15 heteroatoms. The molecule has 240 valence electrons. The number of hydrogen-bond acceptors (Lipinski definition) is 8. The number of anilines is 2. The highest BCUT2D eigenvalue weighted by atomic mass is 32.2. The molecule has 5 rings (SSSR count). The lowest BCUT2D eigenvalue weighted by atomic mass is 10.1. The lowest BCUT2D eigenvalue weighted by Crippen LogP contribution is -2.37. The minimum atomic E-state index is -4.58. The molecule has 4 heterocycles. The topological polar surface area (TPSA) is 129 Å². The van der Waals surface area contributed by atoms with Gasteiger partial charge in [-0.05, 0) is 83.7 Å². The predicted molar refractivity (Wildman–Crippen MR) is 160 cm³/mol. The Labute approximate surface area is 258 Å². The summed E-state index contributed by atoms with van der Waals surface area (Å²) >= 11 is 0. The minimum absolute atomic E-state index is 0.0433. The Morgan fingerprint density at radius 2 is 1.89 bits per heavy atom. The fourth-order valence-electron chi connectivity index (χ4n) is 5.12. The van der Waals surface area contributed by atoms with E-state index in [1.165, 1.54) is 13.1 Å². The number of rotatable bonds is 7. The molecular weight excluding hydrogens is 613 g/mol. The Balaban J connectivity index is 1.59. The van der Waals surface area contributed by atoms with E-state index in [0.717, 1.165) is 48.6 Å². The van der Waals surface area contributed by atoms with Crippen LogP contribution in [0, 0.1) is 31.3 Å². The number of pyridine rings is 2. The molecule has 1 aromatic carbocycles. The van der Waals surface area contributed by atoms with Gasteiger partial charge in [0.15, 0.2) is 17.7 Å². The molecule has 1 N–H and O–H groups in total. The summed E-state index contributed by atoms with van der Waals surface area (Å²) in [5.41, 5.74) is -1.13. The third kappa shape index (κ3) is 6.73. The largest absolute Gasteiger partial charge is 0.443 e. The Hall–Kier alpha value is -4.24. The maximum atomic E-state index is 16.2. The van der Waals surface area contributed by atoms with Crippen LogP contribution in [0.25, 0.3) is 11.0 Å². The molecule has 0 saturated carbocycles. The van der Waals surface area contributed by atoms with Crippen molar-refractivity contribution in [3.63, 3.8) is 0 Å². The zero-order valence-corrected chi connectivity index (χ0v) is 26.2. The van der Waals surface area contributed by atoms with Crippen LogP contribution in [0.15, 0.2) is 41.6 Å². The number of aryl methyl sites for hydroxylation is 2. The number of nitrogens with one attached hydrogen (secondary N) is 1. The second kappa shape index (κ2) is 12.3. The van der Waals surface area contributed by atoms with Crippen molar-refractivity contribution in [1.29, 1.82) is 0 Å². The predicted octanol–water partition coefficient (Wildman–Crippen LogP) is 6.30. The normalized spacial score (nSPS) is 15.7. The van der Waals surface area contributed by atoms with E-state index in [9.17, 15) is 17.6 Å². The van der Waals surface area contributed by atoms with Crippen LogP contribution in [0.4, 0.5) is 29.3 Å². The van der Waals surface area contributed by atoms with Gasteiger partial charge < -0.3 is 9.47 Å². The quantitative estimate of drug-likeness (QED) is 0.248. The van der Waals surface area contributed by atoms with Crippen molar-refractivity contribution in [2.24, 2.45) is 0 Å². The van der Waals surface area contributed by atoms with Gasteiger partial charge in [-0.25, -0.2) is 36.0 Å². The molecule has 0 spiro atoms. The van der Waals surface area contributed by atoms with E-state index in [4.69, 9.17) is 9.47 Å². The molecule has 1 atom stereocenters. The van der Waals surface area contributed by atoms with Crippen molar-refractivity contribution in [1.82, 2.24) is 19.7 Å². The fourth-order valence-corrected chi connectivity index (χ4v) is 6.38. The maximum Gasteiger partial charge on any atom is 0.415 e. The first-order valence-electron chi connectivity index (χ1n) is 14.2. The van der Waals surface area contributed by atoms with Gasteiger partial charge in [0, 0.05) is 18.2 Å². The summed E-state index contributed by atoms with van der Waals surface area (Å²) < 4.78 is 86.9. The van der Waals surface area contributed by atoms with Crippen molar-refractivity contribution in [3.05, 3.63) is 71.1 Å². The first-order valence-corrected chi connectivity index (χ1v) is 15.7. The summed E-state index contributed by atoms with van der Waals surface area (Å²) in [5.74, 6) is -3.47. The highest BCUT2D eigenvalue weighted by Gasteiger charge is 2.32. The van der Waals surface area contributed by atoms with E-state index >= 15 is 8.78 Å². The number of sulfonamides is 1. The van der Waals surface area contributed by atoms with Gasteiger partial charge in [0.05, 0.1) is 29.8 Å². The Kier molecular flexibility index (Phi) is 8.77. The highest BCUT2D eigenvalue weighted by Crippen LogP contribution is 2.35. The third-order valence-electron chi connectivity index (χ3n) is 7.10. The lowest BCUT2D eigenvalue weighted by molar-refractivity contribution is -0.0371. The molecule has 0 aliphatic carbocycles. The van der Waals surface area contributed by atoms with Gasteiger partial charge in [-0.15, -0.1) is 0 Å². The number of fused-ring (bicyclic) bond motifs is 1. The zero-order valence-electron chi connectivity index (χ0n) is 25.4. The number of halogens is 3. The van der Waals surface area contributed by atoms with Gasteiger partial charge in [-0.3, -0.25) is 14.6 Å². The van der Waals surface area contributed by atoms with Crippen molar-refractivity contribution < 1.29 is 35.9 Å². The van der Waals surface area contributed by atoms with E-state index < -0.39 is 55.4 Å². The molecule has 1 aliphatic rings. The van der Waals surface area contributed by atoms with Crippen molar-refractivity contribution >= 4 is 38.5 Å². The molecule has 0 bridgehead atoms. The van der Waals surface area contributed by atoms with E-state index in [1.54, 1.807) is 38.4 Å². The van der Waals surface area contributed by atoms with Crippen molar-refractivity contribution in [2.45, 2.75) is 77.2 Å². The van der Waals surface area contributed by atoms with Crippen molar-refractivity contribution in [3.8, 4) is 0 Å². The van der Waals surface area contributed by atoms with E-state index in [1.807, 2.05) is 4.72 Å². The maximum absolute atomic E-state index is 16.2. The van der Waals surface area contributed by atoms with Gasteiger partial charge in [0.2, 0.25) is 0 Å². The number of carbonyl (C=O) groups is 1. The average molecular weight is 647 g/mol. The molecule has 0 radical (unpaired) electrons. The van der Waals surface area contributed by atoms with Crippen LogP contribution in [0.2, 0.25) is 0 Å². The smallest absolute Gasteiger partial charge is 0.415 e. The zero-order chi connectivity index (χ0) is 32.7. The van der Waals surface area contributed by atoms with E-state index in [-0.39, 0.29) is 18.5 Å². The number of nitrogens with zero attached hydrogens (tertiary/aromatic N) is 5. The van der Waals surface area contributed by atoms with Gasteiger partial charge in [-0.2, -0.15) is 5.10 Å². The lowest BCUT2D eigenvalue weighted by Gasteiger charge is -2.28. The molecule has 11 nitrogen and oxygen atoms in total. The van der Waals surface area contributed by atoms with Crippen LogP contribution in [0.5, 0.6) is 0 Å². The number of benzene rings is 1. The molecule has 45 heavy (non-hydrogen) atoms. The van der Waals surface area contributed by atoms with Crippen LogP contribution in [-0.4, -0.2) is 46.5 Å². The molecule has 1 amide bonds. The summed E-state index contributed by atoms with van der Waals surface area (Å²) in [7, 11) is -4.58. The summed E-state index contributed by atoms with van der Waals surface area (Å²) in [6.45, 7) is 8.07.